The van der Waals surface area contributed by atoms with Gasteiger partial charge in [-0.05, 0) is 24.6 Å². The zero-order valence-electron chi connectivity index (χ0n) is 18.6. The fourth-order valence-electron chi connectivity index (χ4n) is 4.02. The van der Waals surface area contributed by atoms with E-state index < -0.39 is 4.92 Å². The summed E-state index contributed by atoms with van der Waals surface area (Å²) in [5.74, 6) is 2.62. The smallest absolute Gasteiger partial charge is 0.269 e. The number of aromatic nitrogens is 1. The van der Waals surface area contributed by atoms with Crippen LogP contribution in [-0.2, 0) is 4.74 Å². The minimum Gasteiger partial charge on any atom is -0.489 e. The quantitative estimate of drug-likeness (QED) is 0.278. The fraction of sp³-hybridized carbons (Fsp3) is 0.375. The SMILES string of the molecule is O=[N+]([O-])c1ccc(Oc2ccnc3cc(OCCCN4CCOCC4)c4c(c23)OCCO4)cc1. The van der Waals surface area contributed by atoms with E-state index >= 15 is 0 Å². The lowest BCUT2D eigenvalue weighted by molar-refractivity contribution is -0.384. The van der Waals surface area contributed by atoms with Crippen LogP contribution in [0.2, 0.25) is 0 Å². The molecule has 0 aliphatic carbocycles. The normalized spacial score (nSPS) is 15.8. The summed E-state index contributed by atoms with van der Waals surface area (Å²) < 4.78 is 29.4. The van der Waals surface area contributed by atoms with Crippen molar-refractivity contribution in [1.29, 1.82) is 0 Å². The van der Waals surface area contributed by atoms with E-state index in [1.165, 1.54) is 12.1 Å². The Hall–Kier alpha value is -3.63. The van der Waals surface area contributed by atoms with Gasteiger partial charge < -0.3 is 23.7 Å². The van der Waals surface area contributed by atoms with Crippen LogP contribution in [0.5, 0.6) is 28.7 Å². The Morgan fingerprint density at radius 3 is 2.53 bits per heavy atom. The summed E-state index contributed by atoms with van der Waals surface area (Å²) in [6, 6.07) is 9.47. The fourth-order valence-corrected chi connectivity index (χ4v) is 4.02. The molecule has 2 aliphatic heterocycles. The average Bonchev–Trinajstić information content (AvgIpc) is 2.87. The molecule has 178 valence electrons. The molecule has 2 aromatic carbocycles. The van der Waals surface area contributed by atoms with Crippen molar-refractivity contribution in [3.63, 3.8) is 0 Å². The monoisotopic (exact) mass is 467 g/mol. The van der Waals surface area contributed by atoms with Gasteiger partial charge >= 0.3 is 0 Å². The van der Waals surface area contributed by atoms with Crippen molar-refractivity contribution in [2.75, 3.05) is 52.7 Å². The number of nitrogens with zero attached hydrogens (tertiary/aromatic N) is 3. The topological polar surface area (TPSA) is 105 Å². The molecule has 0 N–H and O–H groups in total. The summed E-state index contributed by atoms with van der Waals surface area (Å²) >= 11 is 0. The van der Waals surface area contributed by atoms with Gasteiger partial charge in [-0.25, -0.2) is 0 Å². The lowest BCUT2D eigenvalue weighted by Crippen LogP contribution is -2.37. The molecule has 0 atom stereocenters. The van der Waals surface area contributed by atoms with Crippen LogP contribution in [0.4, 0.5) is 5.69 Å². The zero-order valence-corrected chi connectivity index (χ0v) is 18.6. The van der Waals surface area contributed by atoms with Gasteiger partial charge in [0.15, 0.2) is 11.5 Å². The van der Waals surface area contributed by atoms with Crippen LogP contribution in [0.1, 0.15) is 6.42 Å². The van der Waals surface area contributed by atoms with Gasteiger partial charge in [-0.1, -0.05) is 0 Å². The van der Waals surface area contributed by atoms with Crippen molar-refractivity contribution in [2.24, 2.45) is 0 Å². The number of benzene rings is 2. The van der Waals surface area contributed by atoms with Crippen LogP contribution in [0.15, 0.2) is 42.6 Å². The highest BCUT2D eigenvalue weighted by Gasteiger charge is 2.25. The first-order valence-electron chi connectivity index (χ1n) is 11.3. The Bertz CT molecular complexity index is 1160. The molecule has 0 amide bonds. The second-order valence-electron chi connectivity index (χ2n) is 7.94. The maximum absolute atomic E-state index is 10.9. The van der Waals surface area contributed by atoms with E-state index in [0.29, 0.717) is 59.5 Å². The molecular weight excluding hydrogens is 442 g/mol. The van der Waals surface area contributed by atoms with E-state index in [4.69, 9.17) is 23.7 Å². The summed E-state index contributed by atoms with van der Waals surface area (Å²) in [5.41, 5.74) is 0.642. The van der Waals surface area contributed by atoms with E-state index in [1.54, 1.807) is 24.4 Å². The number of hydrogen-bond donors (Lipinski definition) is 0. The van der Waals surface area contributed by atoms with Gasteiger partial charge in [0.25, 0.3) is 5.69 Å². The molecule has 0 unspecified atom stereocenters. The van der Waals surface area contributed by atoms with Gasteiger partial charge in [-0.3, -0.25) is 20.0 Å². The molecule has 0 radical (unpaired) electrons. The predicted octanol–water partition coefficient (Wildman–Crippen LogP) is 3.81. The van der Waals surface area contributed by atoms with Crippen LogP contribution in [0, 0.1) is 10.1 Å². The van der Waals surface area contributed by atoms with Crippen LogP contribution >= 0.6 is 0 Å². The van der Waals surface area contributed by atoms with E-state index in [0.717, 1.165) is 39.3 Å². The molecular formula is C24H25N3O7. The molecule has 0 saturated carbocycles. The second-order valence-corrected chi connectivity index (χ2v) is 7.94. The molecule has 3 heterocycles. The van der Waals surface area contributed by atoms with Crippen LogP contribution in [0.3, 0.4) is 0 Å². The van der Waals surface area contributed by atoms with Gasteiger partial charge in [0.05, 0.1) is 35.6 Å². The first-order chi connectivity index (χ1) is 16.7. The Labute approximate surface area is 196 Å². The number of pyridine rings is 1. The molecule has 34 heavy (non-hydrogen) atoms. The highest BCUT2D eigenvalue weighted by Crippen LogP contribution is 2.48. The predicted molar refractivity (Wildman–Crippen MR) is 123 cm³/mol. The van der Waals surface area contributed by atoms with Crippen molar-refractivity contribution in [2.45, 2.75) is 6.42 Å². The first kappa shape index (κ1) is 22.2. The number of hydrogen-bond acceptors (Lipinski definition) is 9. The van der Waals surface area contributed by atoms with Gasteiger partial charge in [-0.2, -0.15) is 0 Å². The van der Waals surface area contributed by atoms with Crippen LogP contribution < -0.4 is 18.9 Å². The van der Waals surface area contributed by atoms with E-state index in [2.05, 4.69) is 9.88 Å². The van der Waals surface area contributed by atoms with Gasteiger partial charge in [-0.15, -0.1) is 0 Å². The molecule has 1 fully saturated rings. The molecule has 10 heteroatoms. The number of ether oxygens (including phenoxy) is 5. The van der Waals surface area contributed by atoms with Gasteiger partial charge in [0.1, 0.15) is 24.7 Å². The molecule has 0 spiro atoms. The lowest BCUT2D eigenvalue weighted by atomic mass is 10.1. The number of morpholine rings is 1. The van der Waals surface area contributed by atoms with Crippen LogP contribution in [-0.4, -0.2) is 67.5 Å². The molecule has 3 aromatic rings. The third-order valence-electron chi connectivity index (χ3n) is 5.70. The van der Waals surface area contributed by atoms with Crippen molar-refractivity contribution in [1.82, 2.24) is 9.88 Å². The Balaban J connectivity index is 1.37. The number of fused-ring (bicyclic) bond motifs is 3. The van der Waals surface area contributed by atoms with Crippen molar-refractivity contribution < 1.29 is 28.6 Å². The first-order valence-corrected chi connectivity index (χ1v) is 11.3. The maximum atomic E-state index is 10.9. The average molecular weight is 467 g/mol. The van der Waals surface area contributed by atoms with Crippen molar-refractivity contribution >= 4 is 16.6 Å². The Kier molecular flexibility index (Phi) is 6.59. The summed E-state index contributed by atoms with van der Waals surface area (Å²) in [6.07, 6.45) is 2.52. The Morgan fingerprint density at radius 2 is 1.76 bits per heavy atom. The molecule has 0 bridgehead atoms. The summed E-state index contributed by atoms with van der Waals surface area (Å²) in [5, 5.41) is 11.6. The number of non-ortho nitro benzene ring substituents is 1. The standard InChI is InChI=1S/C24H25N3O7/c28-27(29)17-2-4-18(5-3-17)34-20-6-7-25-19-16-21(23-24(22(19)20)33-15-14-32-23)31-11-1-8-26-9-12-30-13-10-26/h2-7,16H,1,8-15H2. The highest BCUT2D eigenvalue weighted by atomic mass is 16.6. The second kappa shape index (κ2) is 10.1. The molecule has 2 aliphatic rings. The number of rotatable bonds is 8. The summed E-state index contributed by atoms with van der Waals surface area (Å²) in [6.45, 7) is 5.75. The van der Waals surface area contributed by atoms with Gasteiger partial charge in [0, 0.05) is 44.0 Å². The summed E-state index contributed by atoms with van der Waals surface area (Å²) in [4.78, 5) is 17.3. The van der Waals surface area contributed by atoms with Crippen LogP contribution in [0.25, 0.3) is 10.9 Å². The zero-order chi connectivity index (χ0) is 23.3. The number of nitro groups is 1. The lowest BCUT2D eigenvalue weighted by Gasteiger charge is -2.26. The largest absolute Gasteiger partial charge is 0.489 e. The van der Waals surface area contributed by atoms with E-state index in [9.17, 15) is 10.1 Å². The molecule has 10 nitrogen and oxygen atoms in total. The van der Waals surface area contributed by atoms with Gasteiger partial charge in [0.2, 0.25) is 5.75 Å². The third-order valence-corrected chi connectivity index (χ3v) is 5.70. The van der Waals surface area contributed by atoms with E-state index in [-0.39, 0.29) is 5.69 Å². The number of nitro benzene ring substituents is 1. The van der Waals surface area contributed by atoms with Crippen molar-refractivity contribution in [3.8, 4) is 28.7 Å². The minimum atomic E-state index is -0.449. The Morgan fingerprint density at radius 1 is 1.00 bits per heavy atom. The summed E-state index contributed by atoms with van der Waals surface area (Å²) in [7, 11) is 0. The minimum absolute atomic E-state index is 0.00328. The molecule has 5 rings (SSSR count). The molecule has 1 aromatic heterocycles. The van der Waals surface area contributed by atoms with Crippen molar-refractivity contribution in [3.05, 3.63) is 52.7 Å². The molecule has 1 saturated heterocycles. The third kappa shape index (κ3) is 4.82. The highest BCUT2D eigenvalue weighted by molar-refractivity contribution is 5.95. The maximum Gasteiger partial charge on any atom is 0.269 e. The van der Waals surface area contributed by atoms with E-state index in [1.807, 2.05) is 6.07 Å².